The molecule has 5 amide bonds. The molecule has 2 aromatic rings. The van der Waals surface area contributed by atoms with E-state index in [9.17, 15) is 33.9 Å². The minimum atomic E-state index is -1.28. The van der Waals surface area contributed by atoms with Crippen molar-refractivity contribution in [3.63, 3.8) is 0 Å². The Morgan fingerprint density at radius 1 is 0.593 bits per heavy atom. The van der Waals surface area contributed by atoms with Gasteiger partial charge in [-0.25, -0.2) is 14.8 Å². The molecular weight excluding hydrogens is 723 g/mol. The Kier molecular flexibility index (Phi) is 21.5. The van der Waals surface area contributed by atoms with Crippen LogP contribution in [0.4, 0.5) is 0 Å². The van der Waals surface area contributed by atoms with Gasteiger partial charge in [0.2, 0.25) is 29.5 Å². The van der Waals surface area contributed by atoms with Gasteiger partial charge in [-0.15, -0.1) is 0 Å². The number of aromatic nitrogens is 4. The molecule has 0 aliphatic heterocycles. The zero-order valence-electron chi connectivity index (χ0n) is 30.4. The Labute approximate surface area is 319 Å². The number of carbonyl (C=O) groups excluding carboxylic acids is 5. The lowest BCUT2D eigenvalue weighted by Gasteiger charge is -2.27. The van der Waals surface area contributed by atoms with Crippen LogP contribution >= 0.6 is 12.6 Å². The van der Waals surface area contributed by atoms with E-state index in [4.69, 9.17) is 22.9 Å². The lowest BCUT2D eigenvalue weighted by Crippen LogP contribution is -2.60. The number of carboxylic acids is 1. The van der Waals surface area contributed by atoms with Gasteiger partial charge in [0.15, 0.2) is 0 Å². The summed E-state index contributed by atoms with van der Waals surface area (Å²) >= 11 is 4.06. The Morgan fingerprint density at radius 2 is 0.944 bits per heavy atom. The number of rotatable bonds is 28. The summed E-state index contributed by atoms with van der Waals surface area (Å²) in [5.74, 6) is -4.71. The maximum absolute atomic E-state index is 14.0. The monoisotopic (exact) mass is 779 g/mol. The quantitative estimate of drug-likeness (QED) is 0.0304. The third kappa shape index (κ3) is 16.6. The van der Waals surface area contributed by atoms with Crippen LogP contribution in [0.15, 0.2) is 25.0 Å². The van der Waals surface area contributed by atoms with Crippen molar-refractivity contribution in [1.29, 1.82) is 0 Å². The first-order chi connectivity index (χ1) is 25.9. The van der Waals surface area contributed by atoms with Gasteiger partial charge in [0.1, 0.15) is 30.2 Å². The number of carbonyl (C=O) groups is 6. The van der Waals surface area contributed by atoms with Crippen molar-refractivity contribution >= 4 is 48.1 Å². The molecule has 6 atom stereocenters. The van der Waals surface area contributed by atoms with E-state index in [1.165, 1.54) is 18.9 Å². The van der Waals surface area contributed by atoms with Crippen LogP contribution in [0.3, 0.4) is 0 Å². The number of hydrogen-bond donors (Lipinski definition) is 13. The second-order valence-electron chi connectivity index (χ2n) is 12.8. The molecule has 0 aliphatic rings. The van der Waals surface area contributed by atoms with Crippen molar-refractivity contribution in [3.8, 4) is 0 Å². The van der Waals surface area contributed by atoms with Crippen molar-refractivity contribution in [2.24, 2.45) is 22.9 Å². The molecule has 54 heavy (non-hydrogen) atoms. The highest BCUT2D eigenvalue weighted by atomic mass is 32.1. The number of amides is 5. The van der Waals surface area contributed by atoms with E-state index in [1.807, 2.05) is 0 Å². The van der Waals surface area contributed by atoms with Crippen LogP contribution in [-0.4, -0.2) is 122 Å². The molecule has 21 heteroatoms. The maximum Gasteiger partial charge on any atom is 0.326 e. The Morgan fingerprint density at radius 3 is 1.30 bits per heavy atom. The summed E-state index contributed by atoms with van der Waals surface area (Å²) in [6.07, 6.45) is 9.22. The molecule has 0 radical (unpaired) electrons. The zero-order valence-corrected chi connectivity index (χ0v) is 31.3. The molecule has 0 aliphatic carbocycles. The second kappa shape index (κ2) is 25.4. The Balaban J connectivity index is 2.34. The molecule has 0 fully saturated rings. The van der Waals surface area contributed by atoms with Crippen molar-refractivity contribution in [1.82, 2.24) is 46.5 Å². The minimum absolute atomic E-state index is 0.0187. The van der Waals surface area contributed by atoms with E-state index in [0.717, 1.165) is 0 Å². The van der Waals surface area contributed by atoms with Gasteiger partial charge < -0.3 is 64.6 Å². The molecule has 2 heterocycles. The van der Waals surface area contributed by atoms with E-state index in [-0.39, 0.29) is 37.9 Å². The van der Waals surface area contributed by atoms with Gasteiger partial charge in [-0.1, -0.05) is 0 Å². The molecule has 16 N–H and O–H groups in total. The average molecular weight is 780 g/mol. The van der Waals surface area contributed by atoms with Gasteiger partial charge in [-0.2, -0.15) is 12.6 Å². The van der Waals surface area contributed by atoms with Crippen LogP contribution < -0.4 is 49.5 Å². The van der Waals surface area contributed by atoms with Gasteiger partial charge >= 0.3 is 5.97 Å². The first-order valence-corrected chi connectivity index (χ1v) is 18.7. The SMILES string of the molecule is NCCCC[C@H](NC(=O)[C@H](CCCCN)NC(=O)[C@H](CCCCN)NC(=O)[C@H](Cc1c[nH]cn1)NC(=O)[C@H](Cc1c[nH]cn1)NC(=O)[C@@H](N)CS)C(=O)O. The number of imidazole rings is 2. The number of nitrogens with one attached hydrogen (secondary N) is 7. The fraction of sp³-hybridized carbons (Fsp3) is 0.636. The van der Waals surface area contributed by atoms with E-state index >= 15 is 0 Å². The van der Waals surface area contributed by atoms with Crippen LogP contribution in [0.5, 0.6) is 0 Å². The van der Waals surface area contributed by atoms with Crippen molar-refractivity contribution in [2.45, 2.75) is 107 Å². The summed E-state index contributed by atoms with van der Waals surface area (Å²) in [5, 5.41) is 22.9. The molecule has 0 bridgehead atoms. The highest BCUT2D eigenvalue weighted by molar-refractivity contribution is 7.80. The van der Waals surface area contributed by atoms with Crippen LogP contribution in [0.1, 0.15) is 69.2 Å². The summed E-state index contributed by atoms with van der Waals surface area (Å²) in [6, 6.07) is -6.99. The third-order valence-electron chi connectivity index (χ3n) is 8.46. The van der Waals surface area contributed by atoms with Gasteiger partial charge in [-0.05, 0) is 77.4 Å². The number of aliphatic carboxylic acids is 1. The normalized spacial score (nSPS) is 14.5. The van der Waals surface area contributed by atoms with Gasteiger partial charge in [0, 0.05) is 31.0 Å². The van der Waals surface area contributed by atoms with Crippen molar-refractivity contribution < 1.29 is 33.9 Å². The standard InChI is InChI=1S/C33H57N13O7S/c34-10-4-1-7-23(29(48)42-24(8-2-5-11-35)30(49)44-25(33(52)53)9-3-6-12-36)43-31(50)27(14-21-16-39-19-41-21)46-32(51)26(13-20-15-38-18-40-20)45-28(47)22(37)17-54/h15-16,18-19,22-27,54H,1-14,17,34-37H2,(H,38,40)(H,39,41)(H,42,48)(H,43,50)(H,44,49)(H,45,47)(H,46,51)(H,52,53)/t22-,23-,24-,25-,26-,27-/m0/s1. The highest BCUT2D eigenvalue weighted by Crippen LogP contribution is 2.10. The molecule has 0 saturated heterocycles. The Hall–Kier alpha value is -4.57. The molecular formula is C33H57N13O7S. The van der Waals surface area contributed by atoms with Crippen LogP contribution in [0.25, 0.3) is 0 Å². The van der Waals surface area contributed by atoms with E-state index in [1.54, 1.807) is 6.20 Å². The van der Waals surface area contributed by atoms with Crippen LogP contribution in [0, 0.1) is 0 Å². The zero-order chi connectivity index (χ0) is 39.9. The van der Waals surface area contributed by atoms with Crippen molar-refractivity contribution in [3.05, 3.63) is 36.4 Å². The number of thiol groups is 1. The summed E-state index contributed by atoms with van der Waals surface area (Å²) in [6.45, 7) is 1.04. The number of carboxylic acid groups (broad SMARTS) is 1. The highest BCUT2D eigenvalue weighted by Gasteiger charge is 2.33. The lowest BCUT2D eigenvalue weighted by atomic mass is 10.0. The molecule has 0 spiro atoms. The van der Waals surface area contributed by atoms with E-state index < -0.39 is 71.8 Å². The fourth-order valence-electron chi connectivity index (χ4n) is 5.37. The smallest absolute Gasteiger partial charge is 0.326 e. The molecule has 0 unspecified atom stereocenters. The third-order valence-corrected chi connectivity index (χ3v) is 8.85. The molecule has 302 valence electrons. The first kappa shape index (κ1) is 45.6. The number of aromatic amines is 2. The van der Waals surface area contributed by atoms with E-state index in [2.05, 4.69) is 59.1 Å². The Bertz CT molecular complexity index is 1430. The summed E-state index contributed by atoms with van der Waals surface area (Å²) in [7, 11) is 0. The van der Waals surface area contributed by atoms with Crippen molar-refractivity contribution in [2.75, 3.05) is 25.4 Å². The number of nitrogens with two attached hydrogens (primary N) is 4. The van der Waals surface area contributed by atoms with Gasteiger partial charge in [-0.3, -0.25) is 24.0 Å². The van der Waals surface area contributed by atoms with Gasteiger partial charge in [0.05, 0.1) is 30.1 Å². The first-order valence-electron chi connectivity index (χ1n) is 18.1. The van der Waals surface area contributed by atoms with Crippen LogP contribution in [0.2, 0.25) is 0 Å². The maximum atomic E-state index is 14.0. The minimum Gasteiger partial charge on any atom is -0.480 e. The summed E-state index contributed by atoms with van der Waals surface area (Å²) in [4.78, 5) is 93.4. The second-order valence-corrected chi connectivity index (χ2v) is 13.2. The largest absolute Gasteiger partial charge is 0.480 e. The summed E-state index contributed by atoms with van der Waals surface area (Å²) in [5.41, 5.74) is 23.6. The number of hydrogen-bond acceptors (Lipinski definition) is 13. The van der Waals surface area contributed by atoms with E-state index in [0.29, 0.717) is 69.5 Å². The lowest BCUT2D eigenvalue weighted by molar-refractivity contribution is -0.142. The number of H-pyrrole nitrogens is 2. The molecule has 0 aromatic carbocycles. The molecule has 2 aromatic heterocycles. The van der Waals surface area contributed by atoms with Gasteiger partial charge in [0.25, 0.3) is 0 Å². The molecule has 2 rings (SSSR count). The predicted molar refractivity (Wildman–Crippen MR) is 202 cm³/mol. The van der Waals surface area contributed by atoms with Crippen LogP contribution in [-0.2, 0) is 41.6 Å². The summed E-state index contributed by atoms with van der Waals surface area (Å²) < 4.78 is 0. The fourth-order valence-corrected chi connectivity index (χ4v) is 5.53. The topological polar surface area (TPSA) is 344 Å². The molecule has 20 nitrogen and oxygen atoms in total. The predicted octanol–water partition coefficient (Wildman–Crippen LogP) is -2.93. The molecule has 0 saturated carbocycles. The number of unbranched alkanes of at least 4 members (excludes halogenated alkanes) is 3. The average Bonchev–Trinajstić information content (AvgIpc) is 3.87. The number of nitrogens with zero attached hydrogens (tertiary/aromatic N) is 2.